The summed E-state index contributed by atoms with van der Waals surface area (Å²) in [7, 11) is 0. The maximum atomic E-state index is 15.6. The van der Waals surface area contributed by atoms with Crippen LogP contribution >= 0.6 is 0 Å². The molecule has 0 amide bonds. The lowest BCUT2D eigenvalue weighted by Crippen LogP contribution is -2.27. The Morgan fingerprint density at radius 2 is 0.740 bits per heavy atom. The second-order valence-electron chi connectivity index (χ2n) is 12.7. The molecule has 0 radical (unpaired) electrons. The van der Waals surface area contributed by atoms with Gasteiger partial charge in [-0.3, -0.25) is 4.79 Å². The van der Waals surface area contributed by atoms with Crippen LogP contribution in [0.25, 0.3) is 22.1 Å². The van der Waals surface area contributed by atoms with Crippen molar-refractivity contribution in [3.63, 3.8) is 0 Å². The van der Waals surface area contributed by atoms with E-state index >= 15 is 4.79 Å². The largest absolute Gasteiger partial charge is 0.298 e. The second kappa shape index (κ2) is 14.1. The van der Waals surface area contributed by atoms with Gasteiger partial charge in [0.1, 0.15) is 16.8 Å². The molecule has 0 aliphatic carbocycles. The standard InChI is InChI=1S/C43H36N6O/c50-43(35(31-17-5-1-6-18-31)29-41(33-21-9-3-10-22-33)48-39-27-15-13-25-37(39)44-46-48)36(32-19-7-2-8-20-32)30-42(34-23-11-4-12-24-34)49-40-28-16-14-26-38(40)45-47-49/h1-28,35-36,41-42H,29-30H2. The number of ketones is 1. The Balaban J connectivity index is 1.26. The Morgan fingerprint density at radius 3 is 1.12 bits per heavy atom. The van der Waals surface area contributed by atoms with Crippen LogP contribution in [0.5, 0.6) is 0 Å². The van der Waals surface area contributed by atoms with Crippen molar-refractivity contribution in [1.29, 1.82) is 0 Å². The molecule has 0 bridgehead atoms. The lowest BCUT2D eigenvalue weighted by Gasteiger charge is -2.30. The van der Waals surface area contributed by atoms with Crippen LogP contribution < -0.4 is 0 Å². The molecule has 7 heteroatoms. The predicted molar refractivity (Wildman–Crippen MR) is 197 cm³/mol. The number of hydrogen-bond donors (Lipinski definition) is 0. The average molecular weight is 653 g/mol. The molecule has 7 nitrogen and oxygen atoms in total. The van der Waals surface area contributed by atoms with Gasteiger partial charge in [0.15, 0.2) is 0 Å². The normalized spacial score (nSPS) is 13.9. The quantitative estimate of drug-likeness (QED) is 0.132. The molecule has 0 aliphatic rings. The highest BCUT2D eigenvalue weighted by molar-refractivity contribution is 5.92. The van der Waals surface area contributed by atoms with E-state index in [2.05, 4.69) is 69.2 Å². The summed E-state index contributed by atoms with van der Waals surface area (Å²) in [4.78, 5) is 15.6. The van der Waals surface area contributed by atoms with Gasteiger partial charge in [0.2, 0.25) is 0 Å². The molecule has 8 aromatic rings. The summed E-state index contributed by atoms with van der Waals surface area (Å²) in [5.41, 5.74) is 7.61. The van der Waals surface area contributed by atoms with Gasteiger partial charge in [-0.15, -0.1) is 10.2 Å². The van der Waals surface area contributed by atoms with Crippen LogP contribution in [0, 0.1) is 0 Å². The molecule has 0 saturated heterocycles. The van der Waals surface area contributed by atoms with Crippen LogP contribution in [0.1, 0.15) is 59.0 Å². The first kappa shape index (κ1) is 31.1. The number of carbonyl (C=O) groups excluding carboxylic acids is 1. The van der Waals surface area contributed by atoms with Crippen molar-refractivity contribution < 1.29 is 4.79 Å². The van der Waals surface area contributed by atoms with E-state index in [0.717, 1.165) is 44.3 Å². The summed E-state index contributed by atoms with van der Waals surface area (Å²) in [5, 5.41) is 18.4. The van der Waals surface area contributed by atoms with Gasteiger partial charge in [-0.2, -0.15) is 0 Å². The monoisotopic (exact) mass is 652 g/mol. The molecular weight excluding hydrogens is 617 g/mol. The van der Waals surface area contributed by atoms with E-state index in [1.807, 2.05) is 131 Å². The lowest BCUT2D eigenvalue weighted by atomic mass is 9.76. The summed E-state index contributed by atoms with van der Waals surface area (Å²) in [6.07, 6.45) is 1.01. The van der Waals surface area contributed by atoms with Gasteiger partial charge >= 0.3 is 0 Å². The van der Waals surface area contributed by atoms with E-state index in [0.29, 0.717) is 12.8 Å². The van der Waals surface area contributed by atoms with Crippen molar-refractivity contribution in [2.24, 2.45) is 0 Å². The van der Waals surface area contributed by atoms with Crippen molar-refractivity contribution in [2.75, 3.05) is 0 Å². The Kier molecular flexibility index (Phi) is 8.77. The number of Topliss-reactive ketones (excluding diaryl/α,β-unsaturated/α-hetero) is 1. The highest BCUT2D eigenvalue weighted by atomic mass is 16.1. The van der Waals surface area contributed by atoms with Crippen LogP contribution in [0.3, 0.4) is 0 Å². The second-order valence-corrected chi connectivity index (χ2v) is 12.7. The molecule has 0 aliphatic heterocycles. The zero-order valence-electron chi connectivity index (χ0n) is 27.5. The number of para-hydroxylation sites is 2. The van der Waals surface area contributed by atoms with Gasteiger partial charge in [0.05, 0.1) is 23.1 Å². The molecule has 6 aromatic carbocycles. The lowest BCUT2D eigenvalue weighted by molar-refractivity contribution is -0.122. The van der Waals surface area contributed by atoms with Crippen molar-refractivity contribution in [3.05, 3.63) is 192 Å². The van der Waals surface area contributed by atoms with Gasteiger partial charge in [0, 0.05) is 11.8 Å². The number of aromatic nitrogens is 6. The van der Waals surface area contributed by atoms with Crippen LogP contribution in [-0.2, 0) is 4.79 Å². The highest BCUT2D eigenvalue weighted by Crippen LogP contribution is 2.40. The molecule has 4 unspecified atom stereocenters. The van der Waals surface area contributed by atoms with Crippen LogP contribution in [0.2, 0.25) is 0 Å². The van der Waals surface area contributed by atoms with E-state index < -0.39 is 11.8 Å². The van der Waals surface area contributed by atoms with E-state index in [4.69, 9.17) is 0 Å². The van der Waals surface area contributed by atoms with Gasteiger partial charge in [0.25, 0.3) is 0 Å². The third kappa shape index (κ3) is 6.21. The summed E-state index contributed by atoms with van der Waals surface area (Å²) < 4.78 is 3.97. The molecular formula is C43H36N6O. The first-order chi connectivity index (χ1) is 24.7. The van der Waals surface area contributed by atoms with Crippen molar-refractivity contribution in [3.8, 4) is 0 Å². The minimum atomic E-state index is -0.446. The summed E-state index contributed by atoms with van der Waals surface area (Å²) >= 11 is 0. The zero-order valence-corrected chi connectivity index (χ0v) is 27.5. The number of nitrogens with zero attached hydrogens (tertiary/aromatic N) is 6. The minimum absolute atomic E-state index is 0.151. The maximum Gasteiger partial charge on any atom is 0.147 e. The molecule has 0 spiro atoms. The van der Waals surface area contributed by atoms with E-state index in [1.165, 1.54) is 0 Å². The van der Waals surface area contributed by atoms with Gasteiger partial charge < -0.3 is 0 Å². The van der Waals surface area contributed by atoms with Crippen LogP contribution in [-0.4, -0.2) is 35.8 Å². The van der Waals surface area contributed by atoms with Gasteiger partial charge in [-0.1, -0.05) is 156 Å². The molecule has 0 fully saturated rings. The maximum absolute atomic E-state index is 15.6. The first-order valence-electron chi connectivity index (χ1n) is 17.1. The van der Waals surface area contributed by atoms with Gasteiger partial charge in [-0.25, -0.2) is 9.36 Å². The van der Waals surface area contributed by atoms with Crippen molar-refractivity contribution in [1.82, 2.24) is 30.0 Å². The van der Waals surface area contributed by atoms with Crippen LogP contribution in [0.15, 0.2) is 170 Å². The Bertz CT molecular complexity index is 2150. The SMILES string of the molecule is O=C(C(CC(c1ccccc1)n1nnc2ccccc21)c1ccccc1)C(CC(c1ccccc1)n1nnc2ccccc21)c1ccccc1. The Morgan fingerprint density at radius 1 is 0.420 bits per heavy atom. The van der Waals surface area contributed by atoms with Crippen LogP contribution in [0.4, 0.5) is 0 Å². The number of benzene rings is 6. The molecule has 50 heavy (non-hydrogen) atoms. The summed E-state index contributed by atoms with van der Waals surface area (Å²) in [6, 6.07) is 56.6. The van der Waals surface area contributed by atoms with E-state index in [1.54, 1.807) is 0 Å². The minimum Gasteiger partial charge on any atom is -0.298 e. The molecule has 244 valence electrons. The topological polar surface area (TPSA) is 78.5 Å². The Labute approximate surface area is 290 Å². The number of hydrogen-bond acceptors (Lipinski definition) is 5. The third-order valence-electron chi connectivity index (χ3n) is 9.72. The van der Waals surface area contributed by atoms with E-state index in [-0.39, 0.29) is 17.9 Å². The molecule has 2 aromatic heterocycles. The number of fused-ring (bicyclic) bond motifs is 2. The smallest absolute Gasteiger partial charge is 0.147 e. The van der Waals surface area contributed by atoms with Crippen molar-refractivity contribution >= 4 is 27.9 Å². The molecule has 4 atom stereocenters. The fourth-order valence-corrected chi connectivity index (χ4v) is 7.23. The Hall–Kier alpha value is -6.21. The molecule has 0 N–H and O–H groups in total. The fourth-order valence-electron chi connectivity index (χ4n) is 7.23. The van der Waals surface area contributed by atoms with Crippen molar-refractivity contribution in [2.45, 2.75) is 36.8 Å². The number of carbonyl (C=O) groups is 1. The highest BCUT2D eigenvalue weighted by Gasteiger charge is 2.35. The van der Waals surface area contributed by atoms with Gasteiger partial charge in [-0.05, 0) is 59.4 Å². The molecule has 2 heterocycles. The molecule has 8 rings (SSSR count). The predicted octanol–water partition coefficient (Wildman–Crippen LogP) is 8.97. The third-order valence-corrected chi connectivity index (χ3v) is 9.72. The fraction of sp³-hybridized carbons (Fsp3) is 0.140. The number of rotatable bonds is 12. The average Bonchev–Trinajstić information content (AvgIpc) is 3.82. The molecule has 0 saturated carbocycles. The zero-order chi connectivity index (χ0) is 33.7. The van der Waals surface area contributed by atoms with E-state index in [9.17, 15) is 0 Å². The first-order valence-corrected chi connectivity index (χ1v) is 17.1. The summed E-state index contributed by atoms with van der Waals surface area (Å²) in [6.45, 7) is 0. The summed E-state index contributed by atoms with van der Waals surface area (Å²) in [5.74, 6) is -0.741.